The first-order valence-electron chi connectivity index (χ1n) is 4.77. The second-order valence-corrected chi connectivity index (χ2v) is 16.8. The summed E-state index contributed by atoms with van der Waals surface area (Å²) in [5, 5.41) is 0. The molecule has 0 aromatic carbocycles. The first kappa shape index (κ1) is 15.5. The number of alkyl halides is 5. The zero-order chi connectivity index (χ0) is 13.1. The molecular weight excluding hydrogens is 459 g/mol. The predicted molar refractivity (Wildman–Crippen MR) is 80.7 cm³/mol. The van der Waals surface area contributed by atoms with Gasteiger partial charge in [0.25, 0.3) is 0 Å². The summed E-state index contributed by atoms with van der Waals surface area (Å²) in [7, 11) is 0. The van der Waals surface area contributed by atoms with Crippen molar-refractivity contribution in [2.45, 2.75) is 18.9 Å². The van der Waals surface area contributed by atoms with Gasteiger partial charge >= 0.3 is 117 Å². The summed E-state index contributed by atoms with van der Waals surface area (Å²) in [6.07, 6.45) is 3.49. The van der Waals surface area contributed by atoms with Gasteiger partial charge in [0.05, 0.1) is 0 Å². The fourth-order valence-corrected chi connectivity index (χ4v) is 5.32. The molecule has 0 spiro atoms. The summed E-state index contributed by atoms with van der Waals surface area (Å²) in [5.41, 5.74) is -0.341. The maximum absolute atomic E-state index is 12.2. The molecule has 1 aliphatic rings. The van der Waals surface area contributed by atoms with Crippen molar-refractivity contribution in [1.82, 2.24) is 0 Å². The fourth-order valence-electron chi connectivity index (χ4n) is 1.37. The van der Waals surface area contributed by atoms with E-state index in [1.54, 1.807) is 12.2 Å². The van der Waals surface area contributed by atoms with Crippen molar-refractivity contribution in [3.63, 3.8) is 0 Å². The molecular formula is C11H13F3I2O. The Morgan fingerprint density at radius 3 is 2.59 bits per heavy atom. The van der Waals surface area contributed by atoms with E-state index in [1.807, 2.05) is 6.08 Å². The molecule has 98 valence electrons. The Hall–Kier alpha value is 0.430. The molecule has 1 rings (SSSR count). The van der Waals surface area contributed by atoms with Crippen LogP contribution in [0.3, 0.4) is 0 Å². The van der Waals surface area contributed by atoms with Crippen LogP contribution in [0.1, 0.15) is 6.92 Å². The van der Waals surface area contributed by atoms with Crippen LogP contribution in [0.15, 0.2) is 36.0 Å². The molecule has 1 atom stereocenters. The van der Waals surface area contributed by atoms with Crippen molar-refractivity contribution < 1.29 is 17.9 Å². The molecule has 0 N–H and O–H groups in total. The van der Waals surface area contributed by atoms with E-state index in [1.165, 1.54) is 19.1 Å². The van der Waals surface area contributed by atoms with Gasteiger partial charge in [-0.25, -0.2) is 0 Å². The topological polar surface area (TPSA) is 9.23 Å². The Morgan fingerprint density at radius 2 is 2.06 bits per heavy atom. The van der Waals surface area contributed by atoms with E-state index < -0.39 is 27.8 Å². The number of allylic oxidation sites excluding steroid dienone is 4. The van der Waals surface area contributed by atoms with Gasteiger partial charge in [-0.2, -0.15) is 0 Å². The van der Waals surface area contributed by atoms with Crippen molar-refractivity contribution >= 4 is 34.5 Å². The average molecular weight is 472 g/mol. The molecule has 1 nitrogen and oxygen atoms in total. The summed E-state index contributed by atoms with van der Waals surface area (Å²) in [6.45, 7) is 1.40. The number of halogens is 5. The van der Waals surface area contributed by atoms with E-state index in [9.17, 15) is 13.2 Å². The molecule has 1 unspecified atom stereocenters. The van der Waals surface area contributed by atoms with Gasteiger partial charge in [-0.05, 0) is 0 Å². The molecule has 0 fully saturated rings. The van der Waals surface area contributed by atoms with Gasteiger partial charge in [-0.15, -0.1) is 0 Å². The van der Waals surface area contributed by atoms with Gasteiger partial charge in [0.2, 0.25) is 0 Å². The Balaban J connectivity index is 2.77. The molecule has 6 heteroatoms. The van der Waals surface area contributed by atoms with Crippen LogP contribution >= 0.6 is 34.5 Å². The summed E-state index contributed by atoms with van der Waals surface area (Å²) >= 11 is 1.48. The Labute approximate surface area is 116 Å². The number of rotatable bonds is 3. The minimum absolute atomic E-state index is 0.953. The summed E-state index contributed by atoms with van der Waals surface area (Å²) in [6, 6.07) is 0. The quantitative estimate of drug-likeness (QED) is 0.423. The SMILES string of the molecule is CI(I)CC1=CC=CC(C)(OC(F)(F)F)C=C1. The molecule has 1 aliphatic carbocycles. The molecule has 0 saturated carbocycles. The van der Waals surface area contributed by atoms with Crippen molar-refractivity contribution in [3.8, 4) is 0 Å². The third kappa shape index (κ3) is 6.23. The van der Waals surface area contributed by atoms with Gasteiger partial charge in [-0.3, -0.25) is 0 Å². The van der Waals surface area contributed by atoms with E-state index in [-0.39, 0.29) is 0 Å². The standard InChI is InChI=1S/C11H13F3I2O/c1-10(17-11(12,13)14)6-3-4-9(5-7-10)8-16(2)15/h3-7H,8H2,1-2H3. The molecule has 0 amide bonds. The Kier molecular flexibility index (Phi) is 5.51. The summed E-state index contributed by atoms with van der Waals surface area (Å²) in [4.78, 5) is 2.21. The fraction of sp³-hybridized carbons (Fsp3) is 0.455. The molecule has 0 aromatic heterocycles. The van der Waals surface area contributed by atoms with Crippen LogP contribution in [-0.4, -0.2) is 21.3 Å². The zero-order valence-corrected chi connectivity index (χ0v) is 13.7. The Bertz CT molecular complexity index is 358. The molecule has 0 saturated heterocycles. The van der Waals surface area contributed by atoms with Crippen molar-refractivity contribution in [1.29, 1.82) is 0 Å². The predicted octanol–water partition coefficient (Wildman–Crippen LogP) is 4.82. The number of ether oxygens (including phenoxy) is 1. The van der Waals surface area contributed by atoms with Crippen LogP contribution in [0.4, 0.5) is 13.2 Å². The zero-order valence-electron chi connectivity index (χ0n) is 9.39. The first-order valence-corrected chi connectivity index (χ1v) is 14.7. The molecule has 17 heavy (non-hydrogen) atoms. The monoisotopic (exact) mass is 472 g/mol. The normalized spacial score (nSPS) is 25.5. The van der Waals surface area contributed by atoms with E-state index in [2.05, 4.69) is 28.3 Å². The van der Waals surface area contributed by atoms with Crippen LogP contribution < -0.4 is 0 Å². The average Bonchev–Trinajstić information content (AvgIpc) is 2.24. The number of hydrogen-bond acceptors (Lipinski definition) is 1. The van der Waals surface area contributed by atoms with E-state index in [0.717, 1.165) is 10.0 Å². The van der Waals surface area contributed by atoms with Crippen molar-refractivity contribution in [2.75, 3.05) is 9.36 Å². The van der Waals surface area contributed by atoms with E-state index in [4.69, 9.17) is 0 Å². The molecule has 0 aromatic rings. The third-order valence-corrected chi connectivity index (χ3v) is 5.91. The number of hydrogen-bond donors (Lipinski definition) is 0. The van der Waals surface area contributed by atoms with Crippen LogP contribution in [0.25, 0.3) is 0 Å². The van der Waals surface area contributed by atoms with Gasteiger partial charge in [0.15, 0.2) is 0 Å². The van der Waals surface area contributed by atoms with E-state index in [0.29, 0.717) is 0 Å². The van der Waals surface area contributed by atoms with Gasteiger partial charge < -0.3 is 0 Å². The summed E-state index contributed by atoms with van der Waals surface area (Å²) in [5.74, 6) is 0. The summed E-state index contributed by atoms with van der Waals surface area (Å²) < 4.78 is 41.8. The molecule has 0 radical (unpaired) electrons. The molecule has 0 bridgehead atoms. The third-order valence-electron chi connectivity index (χ3n) is 2.04. The molecule has 0 aliphatic heterocycles. The second-order valence-electron chi connectivity index (χ2n) is 3.81. The van der Waals surface area contributed by atoms with Crippen LogP contribution in [0.2, 0.25) is 0 Å². The van der Waals surface area contributed by atoms with Crippen molar-refractivity contribution in [2.24, 2.45) is 0 Å². The van der Waals surface area contributed by atoms with Crippen molar-refractivity contribution in [3.05, 3.63) is 36.0 Å². The maximum atomic E-state index is 12.2. The van der Waals surface area contributed by atoms with Gasteiger partial charge in [-0.1, -0.05) is 0 Å². The van der Waals surface area contributed by atoms with Crippen LogP contribution in [0.5, 0.6) is 0 Å². The molecule has 0 heterocycles. The van der Waals surface area contributed by atoms with Gasteiger partial charge in [0, 0.05) is 0 Å². The Morgan fingerprint density at radius 1 is 1.41 bits per heavy atom. The second kappa shape index (κ2) is 6.05. The van der Waals surface area contributed by atoms with E-state index >= 15 is 0 Å². The van der Waals surface area contributed by atoms with Crippen LogP contribution in [-0.2, 0) is 4.74 Å². The van der Waals surface area contributed by atoms with Gasteiger partial charge in [0.1, 0.15) is 0 Å². The minimum atomic E-state index is -4.62. The first-order chi connectivity index (χ1) is 7.70. The van der Waals surface area contributed by atoms with Crippen LogP contribution in [0, 0.1) is 0 Å².